The third-order valence-corrected chi connectivity index (χ3v) is 6.00. The van der Waals surface area contributed by atoms with E-state index in [1.807, 2.05) is 0 Å². The summed E-state index contributed by atoms with van der Waals surface area (Å²) in [5.41, 5.74) is 7.90. The highest BCUT2D eigenvalue weighted by atomic mass is 15.4. The average Bonchev–Trinajstić information content (AvgIpc) is 2.45. The van der Waals surface area contributed by atoms with Gasteiger partial charge >= 0.3 is 0 Å². The van der Waals surface area contributed by atoms with E-state index in [2.05, 4.69) is 45.5 Å². The van der Waals surface area contributed by atoms with Gasteiger partial charge in [0.05, 0.1) is 0 Å². The van der Waals surface area contributed by atoms with Gasteiger partial charge in [0.25, 0.3) is 0 Å². The Balaban J connectivity index is 1.73. The average molecular weight is 309 g/mol. The van der Waals surface area contributed by atoms with Crippen molar-refractivity contribution in [3.05, 3.63) is 0 Å². The van der Waals surface area contributed by atoms with Crippen LogP contribution in [0.25, 0.3) is 0 Å². The fraction of sp³-hybridized carbons (Fsp3) is 1.00. The van der Waals surface area contributed by atoms with E-state index in [1.54, 1.807) is 0 Å². The summed E-state index contributed by atoms with van der Waals surface area (Å²) in [6, 6.07) is 1.37. The van der Waals surface area contributed by atoms with Crippen LogP contribution in [-0.2, 0) is 0 Å². The van der Waals surface area contributed by atoms with Crippen LogP contribution in [0, 0.1) is 23.2 Å². The quantitative estimate of drug-likeness (QED) is 0.674. The van der Waals surface area contributed by atoms with Crippen LogP contribution < -0.4 is 10.9 Å². The fourth-order valence-corrected chi connectivity index (χ4v) is 4.77. The molecule has 0 aromatic heterocycles. The highest BCUT2D eigenvalue weighted by Gasteiger charge is 2.34. The molecule has 2 aliphatic rings. The SMILES string of the molecule is CC(C)CC1CCC(NNC2CCCCC2C(C)(C)C)CC1. The van der Waals surface area contributed by atoms with Crippen LogP contribution in [0.2, 0.25) is 0 Å². The number of rotatable bonds is 5. The molecule has 0 aliphatic heterocycles. The summed E-state index contributed by atoms with van der Waals surface area (Å²) in [4.78, 5) is 0. The van der Waals surface area contributed by atoms with Gasteiger partial charge in [0.1, 0.15) is 0 Å². The molecule has 2 N–H and O–H groups in total. The summed E-state index contributed by atoms with van der Waals surface area (Å²) in [7, 11) is 0. The number of hydrazine groups is 1. The summed E-state index contributed by atoms with van der Waals surface area (Å²) in [5.74, 6) is 2.66. The molecule has 2 aliphatic carbocycles. The van der Waals surface area contributed by atoms with Gasteiger partial charge in [-0.1, -0.05) is 47.5 Å². The minimum atomic E-state index is 0.425. The van der Waals surface area contributed by atoms with Gasteiger partial charge in [0.2, 0.25) is 0 Å². The van der Waals surface area contributed by atoms with E-state index in [4.69, 9.17) is 0 Å². The standard InChI is InChI=1S/C20H40N2/c1-15(2)14-16-10-12-17(13-11-16)21-22-19-9-7-6-8-18(19)20(3,4)5/h15-19,21-22H,6-14H2,1-5H3. The highest BCUT2D eigenvalue weighted by Crippen LogP contribution is 2.38. The lowest BCUT2D eigenvalue weighted by molar-refractivity contribution is 0.112. The Labute approximate surface area is 139 Å². The zero-order chi connectivity index (χ0) is 16.2. The molecule has 2 heteroatoms. The van der Waals surface area contributed by atoms with E-state index in [1.165, 1.54) is 57.8 Å². The van der Waals surface area contributed by atoms with E-state index >= 15 is 0 Å². The maximum absolute atomic E-state index is 3.75. The number of hydrogen-bond donors (Lipinski definition) is 2. The molecule has 0 aromatic carbocycles. The molecule has 0 spiro atoms. The molecule has 0 heterocycles. The van der Waals surface area contributed by atoms with Gasteiger partial charge in [0, 0.05) is 12.1 Å². The van der Waals surface area contributed by atoms with Gasteiger partial charge in [-0.2, -0.15) is 0 Å². The van der Waals surface area contributed by atoms with Crippen molar-refractivity contribution in [2.75, 3.05) is 0 Å². The second-order valence-electron chi connectivity index (χ2n) is 9.50. The van der Waals surface area contributed by atoms with Gasteiger partial charge in [-0.05, 0) is 68.1 Å². The van der Waals surface area contributed by atoms with Crippen molar-refractivity contribution in [2.45, 2.75) is 104 Å². The molecule has 2 fully saturated rings. The van der Waals surface area contributed by atoms with Crippen molar-refractivity contribution in [2.24, 2.45) is 23.2 Å². The first-order valence-corrected chi connectivity index (χ1v) is 9.87. The van der Waals surface area contributed by atoms with Crippen LogP contribution in [0.3, 0.4) is 0 Å². The van der Waals surface area contributed by atoms with Crippen LogP contribution in [0.4, 0.5) is 0 Å². The first-order valence-electron chi connectivity index (χ1n) is 9.87. The third kappa shape index (κ3) is 5.53. The van der Waals surface area contributed by atoms with Crippen LogP contribution in [-0.4, -0.2) is 12.1 Å². The summed E-state index contributed by atoms with van der Waals surface area (Å²) in [5, 5.41) is 0. The van der Waals surface area contributed by atoms with Crippen molar-refractivity contribution >= 4 is 0 Å². The predicted octanol–water partition coefficient (Wildman–Crippen LogP) is 5.29. The zero-order valence-corrected chi connectivity index (χ0v) is 15.8. The molecule has 2 nitrogen and oxygen atoms in total. The predicted molar refractivity (Wildman–Crippen MR) is 96.7 cm³/mol. The van der Waals surface area contributed by atoms with Gasteiger partial charge in [-0.3, -0.25) is 10.9 Å². The normalized spacial score (nSPS) is 34.1. The first kappa shape index (κ1) is 18.3. The van der Waals surface area contributed by atoms with Crippen LogP contribution >= 0.6 is 0 Å². The minimum absolute atomic E-state index is 0.425. The van der Waals surface area contributed by atoms with Crippen molar-refractivity contribution in [3.8, 4) is 0 Å². The lowest BCUT2D eigenvalue weighted by Crippen LogP contribution is -2.53. The summed E-state index contributed by atoms with van der Waals surface area (Å²) in [6.45, 7) is 12.0. The molecule has 2 rings (SSSR count). The van der Waals surface area contributed by atoms with E-state index in [0.717, 1.165) is 17.8 Å². The largest absolute Gasteiger partial charge is 0.255 e. The Morgan fingerprint density at radius 1 is 0.864 bits per heavy atom. The summed E-state index contributed by atoms with van der Waals surface area (Å²) >= 11 is 0. The summed E-state index contributed by atoms with van der Waals surface area (Å²) < 4.78 is 0. The Bertz CT molecular complexity index is 310. The monoisotopic (exact) mass is 308 g/mol. The molecule has 0 radical (unpaired) electrons. The van der Waals surface area contributed by atoms with Crippen LogP contribution in [0.1, 0.15) is 92.4 Å². The number of hydrogen-bond acceptors (Lipinski definition) is 2. The van der Waals surface area contributed by atoms with E-state index in [9.17, 15) is 0 Å². The van der Waals surface area contributed by atoms with Gasteiger partial charge in [-0.25, -0.2) is 0 Å². The van der Waals surface area contributed by atoms with E-state index < -0.39 is 0 Å². The van der Waals surface area contributed by atoms with Crippen molar-refractivity contribution in [1.82, 2.24) is 10.9 Å². The molecule has 0 aromatic rings. The lowest BCUT2D eigenvalue weighted by atomic mass is 9.70. The molecular weight excluding hydrogens is 268 g/mol. The van der Waals surface area contributed by atoms with E-state index in [0.29, 0.717) is 17.5 Å². The maximum atomic E-state index is 3.75. The lowest BCUT2D eigenvalue weighted by Gasteiger charge is -2.42. The first-order chi connectivity index (χ1) is 10.4. The smallest absolute Gasteiger partial charge is 0.0246 e. The molecular formula is C20H40N2. The van der Waals surface area contributed by atoms with E-state index in [-0.39, 0.29) is 0 Å². The van der Waals surface area contributed by atoms with Crippen LogP contribution in [0.15, 0.2) is 0 Å². The second kappa shape index (κ2) is 8.15. The second-order valence-corrected chi connectivity index (χ2v) is 9.50. The van der Waals surface area contributed by atoms with Gasteiger partial charge in [0.15, 0.2) is 0 Å². The van der Waals surface area contributed by atoms with Crippen molar-refractivity contribution in [1.29, 1.82) is 0 Å². The molecule has 0 amide bonds. The fourth-order valence-electron chi connectivity index (χ4n) is 4.77. The Morgan fingerprint density at radius 3 is 2.09 bits per heavy atom. The molecule has 130 valence electrons. The molecule has 2 saturated carbocycles. The number of nitrogens with one attached hydrogen (secondary N) is 2. The Morgan fingerprint density at radius 2 is 1.50 bits per heavy atom. The third-order valence-electron chi connectivity index (χ3n) is 6.00. The Hall–Kier alpha value is -0.0800. The zero-order valence-electron chi connectivity index (χ0n) is 15.8. The topological polar surface area (TPSA) is 24.1 Å². The van der Waals surface area contributed by atoms with Crippen molar-refractivity contribution < 1.29 is 0 Å². The molecule has 22 heavy (non-hydrogen) atoms. The molecule has 2 atom stereocenters. The molecule has 0 saturated heterocycles. The minimum Gasteiger partial charge on any atom is -0.255 e. The maximum Gasteiger partial charge on any atom is 0.0246 e. The van der Waals surface area contributed by atoms with Crippen LogP contribution in [0.5, 0.6) is 0 Å². The van der Waals surface area contributed by atoms with Gasteiger partial charge < -0.3 is 0 Å². The highest BCUT2D eigenvalue weighted by molar-refractivity contribution is 4.88. The van der Waals surface area contributed by atoms with Crippen molar-refractivity contribution in [3.63, 3.8) is 0 Å². The van der Waals surface area contributed by atoms with Gasteiger partial charge in [-0.15, -0.1) is 0 Å². The summed E-state index contributed by atoms with van der Waals surface area (Å²) in [6.07, 6.45) is 12.5. The molecule has 2 unspecified atom stereocenters. The Kier molecular flexibility index (Phi) is 6.76. The molecule has 0 bridgehead atoms.